The summed E-state index contributed by atoms with van der Waals surface area (Å²) in [5, 5.41) is 12.9. The standard InChI is InChI=1S/C18H13F3N4O2/c1-27-11-4-2-3-10(9-11)22-14-7-8-15(25-24-14)23-18(26)12-5-6-13(19)17(21)16(12)20/h2-9H,1H3,(H,22,24)(H,23,25,26). The summed E-state index contributed by atoms with van der Waals surface area (Å²) < 4.78 is 44.9. The fourth-order valence-electron chi connectivity index (χ4n) is 2.20. The molecule has 2 aromatic carbocycles. The van der Waals surface area contributed by atoms with E-state index in [4.69, 9.17) is 4.74 Å². The van der Waals surface area contributed by atoms with Crippen LogP contribution in [-0.2, 0) is 0 Å². The predicted octanol–water partition coefficient (Wildman–Crippen LogP) is 3.90. The van der Waals surface area contributed by atoms with Crippen molar-refractivity contribution in [2.24, 2.45) is 0 Å². The van der Waals surface area contributed by atoms with Gasteiger partial charge in [-0.15, -0.1) is 10.2 Å². The smallest absolute Gasteiger partial charge is 0.259 e. The van der Waals surface area contributed by atoms with Gasteiger partial charge in [-0.3, -0.25) is 4.79 Å². The van der Waals surface area contributed by atoms with Gasteiger partial charge in [-0.25, -0.2) is 13.2 Å². The van der Waals surface area contributed by atoms with Gasteiger partial charge < -0.3 is 15.4 Å². The molecule has 2 N–H and O–H groups in total. The number of anilines is 3. The highest BCUT2D eigenvalue weighted by Gasteiger charge is 2.19. The first-order chi connectivity index (χ1) is 13.0. The van der Waals surface area contributed by atoms with Crippen LogP contribution in [0, 0.1) is 17.5 Å². The highest BCUT2D eigenvalue weighted by Crippen LogP contribution is 2.21. The summed E-state index contributed by atoms with van der Waals surface area (Å²) >= 11 is 0. The Morgan fingerprint density at radius 3 is 2.41 bits per heavy atom. The van der Waals surface area contributed by atoms with Gasteiger partial charge in [0.2, 0.25) is 0 Å². The number of amides is 1. The van der Waals surface area contributed by atoms with Crippen LogP contribution < -0.4 is 15.4 Å². The molecule has 6 nitrogen and oxygen atoms in total. The fraction of sp³-hybridized carbons (Fsp3) is 0.0556. The SMILES string of the molecule is COc1cccc(Nc2ccc(NC(=O)c3ccc(F)c(F)c3F)nn2)c1. The molecule has 27 heavy (non-hydrogen) atoms. The van der Waals surface area contributed by atoms with Gasteiger partial charge in [0, 0.05) is 11.8 Å². The van der Waals surface area contributed by atoms with E-state index in [-0.39, 0.29) is 5.82 Å². The number of nitrogens with one attached hydrogen (secondary N) is 2. The van der Waals surface area contributed by atoms with Gasteiger partial charge in [0.1, 0.15) is 5.75 Å². The minimum absolute atomic E-state index is 0.0142. The molecule has 1 amide bonds. The molecule has 3 aromatic rings. The number of aromatic nitrogens is 2. The molecule has 1 aromatic heterocycles. The zero-order valence-electron chi connectivity index (χ0n) is 14.0. The molecule has 3 rings (SSSR count). The minimum atomic E-state index is -1.72. The van der Waals surface area contributed by atoms with Crippen molar-refractivity contribution in [1.29, 1.82) is 0 Å². The van der Waals surface area contributed by atoms with E-state index < -0.39 is 28.9 Å². The van der Waals surface area contributed by atoms with Crippen LogP contribution in [0.3, 0.4) is 0 Å². The number of halogens is 3. The molecule has 138 valence electrons. The Hall–Kier alpha value is -3.62. The monoisotopic (exact) mass is 374 g/mol. The average Bonchev–Trinajstić information content (AvgIpc) is 2.68. The van der Waals surface area contributed by atoms with Crippen molar-refractivity contribution < 1.29 is 22.7 Å². The average molecular weight is 374 g/mol. The van der Waals surface area contributed by atoms with E-state index in [2.05, 4.69) is 20.8 Å². The number of carbonyl (C=O) groups is 1. The summed E-state index contributed by atoms with van der Waals surface area (Å²) in [6, 6.07) is 11.6. The summed E-state index contributed by atoms with van der Waals surface area (Å²) in [5.41, 5.74) is 0.0681. The van der Waals surface area contributed by atoms with Crippen LogP contribution >= 0.6 is 0 Å². The van der Waals surface area contributed by atoms with Crippen LogP contribution in [0.25, 0.3) is 0 Å². The lowest BCUT2D eigenvalue weighted by Gasteiger charge is -2.08. The first kappa shape index (κ1) is 18.2. The van der Waals surface area contributed by atoms with Gasteiger partial charge in [0.05, 0.1) is 12.7 Å². The zero-order valence-corrected chi connectivity index (χ0v) is 14.0. The number of rotatable bonds is 5. The molecule has 0 aliphatic heterocycles. The molecule has 9 heteroatoms. The second-order valence-electron chi connectivity index (χ2n) is 5.34. The Labute approximate surface area is 152 Å². The van der Waals surface area contributed by atoms with Crippen LogP contribution in [-0.4, -0.2) is 23.2 Å². The maximum atomic E-state index is 13.7. The number of benzene rings is 2. The number of ether oxygens (including phenoxy) is 1. The molecule has 0 aliphatic carbocycles. The molecule has 0 unspecified atom stereocenters. The quantitative estimate of drug-likeness (QED) is 0.663. The largest absolute Gasteiger partial charge is 0.497 e. The Bertz CT molecular complexity index is 981. The van der Waals surface area contributed by atoms with E-state index in [0.717, 1.165) is 6.07 Å². The van der Waals surface area contributed by atoms with Gasteiger partial charge in [-0.1, -0.05) is 6.07 Å². The Morgan fingerprint density at radius 1 is 0.963 bits per heavy atom. The first-order valence-corrected chi connectivity index (χ1v) is 7.67. The van der Waals surface area contributed by atoms with Gasteiger partial charge >= 0.3 is 0 Å². The zero-order chi connectivity index (χ0) is 19.4. The van der Waals surface area contributed by atoms with Gasteiger partial charge in [0.15, 0.2) is 29.1 Å². The second kappa shape index (κ2) is 7.73. The van der Waals surface area contributed by atoms with Crippen LogP contribution in [0.15, 0.2) is 48.5 Å². The van der Waals surface area contributed by atoms with Crippen molar-refractivity contribution in [2.75, 3.05) is 17.7 Å². The lowest BCUT2D eigenvalue weighted by Crippen LogP contribution is -2.16. The Balaban J connectivity index is 1.70. The van der Waals surface area contributed by atoms with Crippen molar-refractivity contribution in [2.45, 2.75) is 0 Å². The molecule has 0 saturated carbocycles. The van der Waals surface area contributed by atoms with Crippen molar-refractivity contribution in [1.82, 2.24) is 10.2 Å². The minimum Gasteiger partial charge on any atom is -0.497 e. The molecular weight excluding hydrogens is 361 g/mol. The van der Waals surface area contributed by atoms with Gasteiger partial charge in [0.25, 0.3) is 5.91 Å². The Morgan fingerprint density at radius 2 is 1.70 bits per heavy atom. The summed E-state index contributed by atoms with van der Waals surface area (Å²) in [6.45, 7) is 0. The van der Waals surface area contributed by atoms with Crippen molar-refractivity contribution in [3.8, 4) is 5.75 Å². The molecule has 0 radical (unpaired) electrons. The molecule has 0 spiro atoms. The second-order valence-corrected chi connectivity index (χ2v) is 5.34. The van der Waals surface area contributed by atoms with Gasteiger partial charge in [-0.2, -0.15) is 0 Å². The van der Waals surface area contributed by atoms with Crippen LogP contribution in [0.1, 0.15) is 10.4 Å². The lowest BCUT2D eigenvalue weighted by atomic mass is 10.2. The van der Waals surface area contributed by atoms with E-state index in [1.807, 2.05) is 0 Å². The number of hydrogen-bond acceptors (Lipinski definition) is 5. The van der Waals surface area contributed by atoms with Crippen molar-refractivity contribution >= 4 is 23.2 Å². The van der Waals surface area contributed by atoms with Crippen LogP contribution in [0.2, 0.25) is 0 Å². The molecule has 0 saturated heterocycles. The molecule has 0 bridgehead atoms. The first-order valence-electron chi connectivity index (χ1n) is 7.67. The topological polar surface area (TPSA) is 76.1 Å². The van der Waals surface area contributed by atoms with E-state index >= 15 is 0 Å². The number of carbonyl (C=O) groups excluding carboxylic acids is 1. The molecule has 0 aliphatic rings. The van der Waals surface area contributed by atoms with Crippen molar-refractivity contribution in [3.05, 3.63) is 71.5 Å². The van der Waals surface area contributed by atoms with E-state index in [1.54, 1.807) is 31.4 Å². The third kappa shape index (κ3) is 4.14. The fourth-order valence-corrected chi connectivity index (χ4v) is 2.20. The van der Waals surface area contributed by atoms with E-state index in [9.17, 15) is 18.0 Å². The summed E-state index contributed by atoms with van der Waals surface area (Å²) in [5.74, 6) is -4.58. The predicted molar refractivity (Wildman–Crippen MR) is 92.6 cm³/mol. The maximum absolute atomic E-state index is 13.7. The highest BCUT2D eigenvalue weighted by atomic mass is 19.2. The van der Waals surface area contributed by atoms with E-state index in [0.29, 0.717) is 23.3 Å². The molecule has 0 fully saturated rings. The summed E-state index contributed by atoms with van der Waals surface area (Å²) in [6.07, 6.45) is 0. The normalized spacial score (nSPS) is 10.4. The van der Waals surface area contributed by atoms with E-state index in [1.165, 1.54) is 12.1 Å². The molecule has 0 atom stereocenters. The number of nitrogens with zero attached hydrogens (tertiary/aromatic N) is 2. The highest BCUT2D eigenvalue weighted by molar-refractivity contribution is 6.03. The number of hydrogen-bond donors (Lipinski definition) is 2. The van der Waals surface area contributed by atoms with Gasteiger partial charge in [-0.05, 0) is 36.4 Å². The summed E-state index contributed by atoms with van der Waals surface area (Å²) in [4.78, 5) is 12.0. The summed E-state index contributed by atoms with van der Waals surface area (Å²) in [7, 11) is 1.55. The third-order valence-corrected chi connectivity index (χ3v) is 3.53. The lowest BCUT2D eigenvalue weighted by molar-refractivity contribution is 0.102. The molecular formula is C18H13F3N4O2. The number of methoxy groups -OCH3 is 1. The van der Waals surface area contributed by atoms with Crippen molar-refractivity contribution in [3.63, 3.8) is 0 Å². The molecule has 1 heterocycles. The third-order valence-electron chi connectivity index (χ3n) is 3.53. The maximum Gasteiger partial charge on any atom is 0.259 e. The van der Waals surface area contributed by atoms with Crippen LogP contribution in [0.5, 0.6) is 5.75 Å². The Kier molecular flexibility index (Phi) is 5.20. The van der Waals surface area contributed by atoms with Crippen LogP contribution in [0.4, 0.5) is 30.5 Å².